The molecular formula is C18H10Cl2I2N2O4. The zero-order valence-corrected chi connectivity index (χ0v) is 19.6. The number of aliphatic carboxylic acids is 1. The van der Waals surface area contributed by atoms with Crippen LogP contribution in [0.25, 0.3) is 6.08 Å². The second kappa shape index (κ2) is 10.3. The summed E-state index contributed by atoms with van der Waals surface area (Å²) in [7, 11) is 0. The summed E-state index contributed by atoms with van der Waals surface area (Å²) in [6, 6.07) is 9.81. The smallest absolute Gasteiger partial charge is 0.341 e. The van der Waals surface area contributed by atoms with Gasteiger partial charge in [-0.25, -0.2) is 4.79 Å². The molecule has 0 radical (unpaired) electrons. The van der Waals surface area contributed by atoms with Crippen LogP contribution in [0, 0.1) is 18.5 Å². The second-order valence-corrected chi connectivity index (χ2v) is 8.41. The van der Waals surface area contributed by atoms with E-state index in [0.29, 0.717) is 29.2 Å². The van der Waals surface area contributed by atoms with Crippen LogP contribution in [0.2, 0.25) is 10.0 Å². The third kappa shape index (κ3) is 6.23. The summed E-state index contributed by atoms with van der Waals surface area (Å²) in [5.41, 5.74) is 0.793. The van der Waals surface area contributed by atoms with Gasteiger partial charge in [0, 0.05) is 5.02 Å². The van der Waals surface area contributed by atoms with E-state index in [2.05, 4.69) is 5.32 Å². The van der Waals surface area contributed by atoms with E-state index >= 15 is 0 Å². The normalized spacial score (nSPS) is 10.9. The molecule has 0 aliphatic heterocycles. The summed E-state index contributed by atoms with van der Waals surface area (Å²) in [6.07, 6.45) is 1.42. The summed E-state index contributed by atoms with van der Waals surface area (Å²) in [5.74, 6) is -1.28. The second-order valence-electron chi connectivity index (χ2n) is 5.24. The Balaban J connectivity index is 2.27. The zero-order chi connectivity index (χ0) is 20.8. The van der Waals surface area contributed by atoms with Crippen molar-refractivity contribution >= 4 is 92.0 Å². The van der Waals surface area contributed by atoms with Gasteiger partial charge in [-0.15, -0.1) is 0 Å². The first-order valence-corrected chi connectivity index (χ1v) is 10.3. The van der Waals surface area contributed by atoms with Crippen molar-refractivity contribution in [3.05, 3.63) is 58.7 Å². The number of hydrogen-bond acceptors (Lipinski definition) is 4. The number of carbonyl (C=O) groups is 2. The van der Waals surface area contributed by atoms with Crippen molar-refractivity contribution < 1.29 is 19.4 Å². The first kappa shape index (κ1) is 22.7. The molecule has 2 rings (SSSR count). The number of anilines is 1. The summed E-state index contributed by atoms with van der Waals surface area (Å²) in [4.78, 5) is 23.1. The fourth-order valence-corrected chi connectivity index (χ4v) is 4.61. The molecule has 0 bridgehead atoms. The standard InChI is InChI=1S/C18H10Cl2I2N2O4/c19-11-1-2-15(12(20)6-11)24-18(27)10(7-23)3-9-4-13(21)17(14(22)5-9)28-8-16(25)26/h1-6H,8H2,(H,24,27)(H,25,26)/b10-3-. The molecular weight excluding hydrogens is 633 g/mol. The van der Waals surface area contributed by atoms with Crippen molar-refractivity contribution in [2.24, 2.45) is 0 Å². The van der Waals surface area contributed by atoms with Crippen LogP contribution in [-0.4, -0.2) is 23.6 Å². The lowest BCUT2D eigenvalue weighted by molar-refractivity contribution is -0.139. The molecule has 2 N–H and O–H groups in total. The molecule has 0 heterocycles. The number of hydrogen-bond donors (Lipinski definition) is 2. The minimum Gasteiger partial charge on any atom is -0.480 e. The first-order valence-electron chi connectivity index (χ1n) is 7.43. The molecule has 2 aromatic carbocycles. The van der Waals surface area contributed by atoms with Crippen molar-refractivity contribution in [1.82, 2.24) is 0 Å². The van der Waals surface area contributed by atoms with E-state index in [-0.39, 0.29) is 10.6 Å². The van der Waals surface area contributed by atoms with Crippen molar-refractivity contribution in [3.63, 3.8) is 0 Å². The number of benzene rings is 2. The van der Waals surface area contributed by atoms with Gasteiger partial charge in [0.15, 0.2) is 6.61 Å². The number of amides is 1. The van der Waals surface area contributed by atoms with Gasteiger partial charge in [0.25, 0.3) is 5.91 Å². The maximum Gasteiger partial charge on any atom is 0.341 e. The molecule has 2 aromatic rings. The number of rotatable bonds is 6. The number of carboxylic acids is 1. The lowest BCUT2D eigenvalue weighted by atomic mass is 10.1. The van der Waals surface area contributed by atoms with Crippen LogP contribution in [0.1, 0.15) is 5.56 Å². The highest BCUT2D eigenvalue weighted by molar-refractivity contribution is 14.1. The number of nitrogens with one attached hydrogen (secondary N) is 1. The Morgan fingerprint density at radius 2 is 1.86 bits per heavy atom. The predicted octanol–water partition coefficient (Wildman–Crippen LogP) is 5.21. The number of carbonyl (C=O) groups excluding carboxylic acids is 1. The van der Waals surface area contributed by atoms with Crippen LogP contribution >= 0.6 is 68.4 Å². The zero-order valence-electron chi connectivity index (χ0n) is 13.8. The minimum absolute atomic E-state index is 0.128. The van der Waals surface area contributed by atoms with Crippen LogP contribution in [0.3, 0.4) is 0 Å². The SMILES string of the molecule is N#C/C(=C/c1cc(I)c(OCC(=O)O)c(I)c1)C(=O)Nc1ccc(Cl)cc1Cl. The maximum absolute atomic E-state index is 12.4. The van der Waals surface area contributed by atoms with E-state index in [4.69, 9.17) is 33.0 Å². The topological polar surface area (TPSA) is 99.4 Å². The monoisotopic (exact) mass is 642 g/mol. The molecule has 144 valence electrons. The fourth-order valence-electron chi connectivity index (χ4n) is 2.03. The number of carboxylic acid groups (broad SMARTS) is 1. The van der Waals surface area contributed by atoms with Gasteiger partial charge in [-0.3, -0.25) is 4.79 Å². The molecule has 0 unspecified atom stereocenters. The third-order valence-electron chi connectivity index (χ3n) is 3.22. The lowest BCUT2D eigenvalue weighted by Gasteiger charge is -2.10. The fraction of sp³-hybridized carbons (Fsp3) is 0.0556. The van der Waals surface area contributed by atoms with E-state index < -0.39 is 18.5 Å². The molecule has 0 aliphatic carbocycles. The highest BCUT2D eigenvalue weighted by atomic mass is 127. The Bertz CT molecular complexity index is 996. The summed E-state index contributed by atoms with van der Waals surface area (Å²) < 4.78 is 6.56. The molecule has 0 fully saturated rings. The van der Waals surface area contributed by atoms with Crippen LogP contribution in [0.4, 0.5) is 5.69 Å². The molecule has 0 aromatic heterocycles. The van der Waals surface area contributed by atoms with Crippen LogP contribution in [0.5, 0.6) is 5.75 Å². The molecule has 0 saturated carbocycles. The highest BCUT2D eigenvalue weighted by Crippen LogP contribution is 2.30. The number of halogens is 4. The summed E-state index contributed by atoms with van der Waals surface area (Å²) in [6.45, 7) is -0.463. The van der Waals surface area contributed by atoms with Gasteiger partial charge in [-0.1, -0.05) is 23.2 Å². The third-order valence-corrected chi connectivity index (χ3v) is 5.37. The Hall–Kier alpha value is -1.55. The van der Waals surface area contributed by atoms with Gasteiger partial charge in [-0.2, -0.15) is 5.26 Å². The number of nitrogens with zero attached hydrogens (tertiary/aromatic N) is 1. The highest BCUT2D eigenvalue weighted by Gasteiger charge is 2.14. The molecule has 10 heteroatoms. The molecule has 0 atom stereocenters. The predicted molar refractivity (Wildman–Crippen MR) is 124 cm³/mol. The van der Waals surface area contributed by atoms with Gasteiger partial charge in [0.1, 0.15) is 17.4 Å². The van der Waals surface area contributed by atoms with Gasteiger partial charge in [-0.05, 0) is 87.2 Å². The molecule has 1 amide bonds. The van der Waals surface area contributed by atoms with Gasteiger partial charge < -0.3 is 15.2 Å². The van der Waals surface area contributed by atoms with Crippen molar-refractivity contribution in [1.29, 1.82) is 5.26 Å². The Labute approximate surface area is 197 Å². The van der Waals surface area contributed by atoms with Gasteiger partial charge in [0.2, 0.25) is 0 Å². The number of nitriles is 1. The molecule has 6 nitrogen and oxygen atoms in total. The summed E-state index contributed by atoms with van der Waals surface area (Å²) >= 11 is 15.9. The van der Waals surface area contributed by atoms with Gasteiger partial charge >= 0.3 is 5.97 Å². The average Bonchev–Trinajstić information content (AvgIpc) is 2.61. The Kier molecular flexibility index (Phi) is 8.36. The van der Waals surface area contributed by atoms with Crippen LogP contribution < -0.4 is 10.1 Å². The number of ether oxygens (including phenoxy) is 1. The quantitative estimate of drug-likeness (QED) is 0.256. The molecule has 28 heavy (non-hydrogen) atoms. The van der Waals surface area contributed by atoms with Crippen molar-refractivity contribution in [3.8, 4) is 11.8 Å². The average molecular weight is 643 g/mol. The summed E-state index contributed by atoms with van der Waals surface area (Å²) in [5, 5.41) is 21.3. The maximum atomic E-state index is 12.4. The lowest BCUT2D eigenvalue weighted by Crippen LogP contribution is -2.14. The van der Waals surface area contributed by atoms with Gasteiger partial charge in [0.05, 0.1) is 17.9 Å². The van der Waals surface area contributed by atoms with E-state index in [0.717, 1.165) is 0 Å². The van der Waals surface area contributed by atoms with Crippen LogP contribution in [0.15, 0.2) is 35.9 Å². The molecule has 0 spiro atoms. The largest absolute Gasteiger partial charge is 0.480 e. The Morgan fingerprint density at radius 1 is 1.21 bits per heavy atom. The van der Waals surface area contributed by atoms with E-state index in [1.165, 1.54) is 18.2 Å². The molecule has 0 saturated heterocycles. The Morgan fingerprint density at radius 3 is 2.39 bits per heavy atom. The van der Waals surface area contributed by atoms with Crippen LogP contribution in [-0.2, 0) is 9.59 Å². The first-order chi connectivity index (χ1) is 13.2. The molecule has 0 aliphatic rings. The van der Waals surface area contributed by atoms with E-state index in [1.54, 1.807) is 18.2 Å². The van der Waals surface area contributed by atoms with Crippen molar-refractivity contribution in [2.45, 2.75) is 0 Å². The van der Waals surface area contributed by atoms with E-state index in [9.17, 15) is 14.9 Å². The minimum atomic E-state index is -1.08. The van der Waals surface area contributed by atoms with E-state index in [1.807, 2.05) is 51.3 Å². The van der Waals surface area contributed by atoms with Crippen molar-refractivity contribution in [2.75, 3.05) is 11.9 Å².